The molecule has 0 radical (unpaired) electrons. The summed E-state index contributed by atoms with van der Waals surface area (Å²) in [7, 11) is 0. The van der Waals surface area contributed by atoms with E-state index in [0.29, 0.717) is 24.9 Å². The number of carbonyl (C=O) groups excluding carboxylic acids is 1. The number of nitrogens with zero attached hydrogens (tertiary/aromatic N) is 2. The standard InChI is InChI=1S/C24H25FN2O3S/c25-20-10-8-19(9-11-20)22-17-31-24(26-22)27(15-18-5-2-1-3-6-18)23(28)12-14-29-16-21-7-4-13-30-21/h1-3,5-6,8-11,17,21H,4,7,12-16H2. The lowest BCUT2D eigenvalue weighted by atomic mass is 10.2. The predicted molar refractivity (Wildman–Crippen MR) is 120 cm³/mol. The number of rotatable bonds is 9. The van der Waals surface area contributed by atoms with E-state index in [1.807, 2.05) is 35.7 Å². The van der Waals surface area contributed by atoms with Gasteiger partial charge in [-0.1, -0.05) is 30.3 Å². The quantitative estimate of drug-likeness (QED) is 0.436. The van der Waals surface area contributed by atoms with E-state index in [1.165, 1.54) is 23.5 Å². The molecule has 0 bridgehead atoms. The minimum atomic E-state index is -0.289. The summed E-state index contributed by atoms with van der Waals surface area (Å²) in [5.41, 5.74) is 2.56. The van der Waals surface area contributed by atoms with E-state index in [-0.39, 0.29) is 24.2 Å². The molecular formula is C24H25FN2O3S. The van der Waals surface area contributed by atoms with Crippen LogP contribution in [0, 0.1) is 5.82 Å². The van der Waals surface area contributed by atoms with Gasteiger partial charge in [-0.2, -0.15) is 0 Å². The second kappa shape index (κ2) is 10.6. The molecule has 162 valence electrons. The van der Waals surface area contributed by atoms with Crippen LogP contribution in [0.2, 0.25) is 0 Å². The first-order chi connectivity index (χ1) is 15.2. The molecule has 3 aromatic rings. The van der Waals surface area contributed by atoms with Crippen LogP contribution >= 0.6 is 11.3 Å². The third-order valence-electron chi connectivity index (χ3n) is 5.14. The van der Waals surface area contributed by atoms with Crippen molar-refractivity contribution < 1.29 is 18.7 Å². The Balaban J connectivity index is 1.44. The molecule has 5 nitrogen and oxygen atoms in total. The minimum absolute atomic E-state index is 0.0452. The number of carbonyl (C=O) groups is 1. The molecule has 7 heteroatoms. The molecule has 31 heavy (non-hydrogen) atoms. The summed E-state index contributed by atoms with van der Waals surface area (Å²) >= 11 is 1.40. The highest BCUT2D eigenvalue weighted by atomic mass is 32.1. The van der Waals surface area contributed by atoms with E-state index < -0.39 is 0 Å². The van der Waals surface area contributed by atoms with Crippen molar-refractivity contribution in [1.82, 2.24) is 4.98 Å². The van der Waals surface area contributed by atoms with Gasteiger partial charge in [0.1, 0.15) is 5.82 Å². The van der Waals surface area contributed by atoms with Crippen molar-refractivity contribution in [3.8, 4) is 11.3 Å². The number of ether oxygens (including phenoxy) is 2. The lowest BCUT2D eigenvalue weighted by molar-refractivity contribution is -0.120. The predicted octanol–water partition coefficient (Wildman–Crippen LogP) is 5.07. The Morgan fingerprint density at radius 2 is 2.00 bits per heavy atom. The fraction of sp³-hybridized carbons (Fsp3) is 0.333. The number of anilines is 1. The molecule has 2 aromatic carbocycles. The average Bonchev–Trinajstić information content (AvgIpc) is 3.49. The Bertz CT molecular complexity index is 972. The zero-order chi connectivity index (χ0) is 21.5. The zero-order valence-corrected chi connectivity index (χ0v) is 18.0. The fourth-order valence-electron chi connectivity index (χ4n) is 3.45. The van der Waals surface area contributed by atoms with Crippen molar-refractivity contribution in [2.24, 2.45) is 0 Å². The van der Waals surface area contributed by atoms with E-state index >= 15 is 0 Å². The molecule has 1 saturated heterocycles. The molecule has 1 aliphatic rings. The fourth-order valence-corrected chi connectivity index (χ4v) is 4.31. The number of hydrogen-bond acceptors (Lipinski definition) is 5. The van der Waals surface area contributed by atoms with Gasteiger partial charge in [-0.05, 0) is 42.7 Å². The van der Waals surface area contributed by atoms with Gasteiger partial charge in [-0.25, -0.2) is 9.37 Å². The average molecular weight is 441 g/mol. The molecule has 1 aromatic heterocycles. The number of aromatic nitrogens is 1. The molecule has 1 unspecified atom stereocenters. The van der Waals surface area contributed by atoms with Crippen molar-refractivity contribution in [2.45, 2.75) is 31.9 Å². The van der Waals surface area contributed by atoms with E-state index in [1.54, 1.807) is 17.0 Å². The van der Waals surface area contributed by atoms with E-state index in [9.17, 15) is 9.18 Å². The molecular weight excluding hydrogens is 415 g/mol. The number of thiazole rings is 1. The Morgan fingerprint density at radius 1 is 1.19 bits per heavy atom. The van der Waals surface area contributed by atoms with Crippen molar-refractivity contribution >= 4 is 22.4 Å². The van der Waals surface area contributed by atoms with Gasteiger partial charge < -0.3 is 9.47 Å². The van der Waals surface area contributed by atoms with Crippen LogP contribution in [0.5, 0.6) is 0 Å². The molecule has 0 saturated carbocycles. The van der Waals surface area contributed by atoms with Crippen LogP contribution in [0.25, 0.3) is 11.3 Å². The molecule has 1 fully saturated rings. The molecule has 1 atom stereocenters. The van der Waals surface area contributed by atoms with Gasteiger partial charge >= 0.3 is 0 Å². The lowest BCUT2D eigenvalue weighted by Crippen LogP contribution is -2.31. The van der Waals surface area contributed by atoms with Crippen LogP contribution in [-0.4, -0.2) is 36.8 Å². The Labute approximate surface area is 185 Å². The second-order valence-corrected chi connectivity index (χ2v) is 8.28. The summed E-state index contributed by atoms with van der Waals surface area (Å²) in [5, 5.41) is 2.51. The Hall–Kier alpha value is -2.61. The summed E-state index contributed by atoms with van der Waals surface area (Å²) in [6, 6.07) is 16.0. The van der Waals surface area contributed by atoms with Crippen molar-refractivity contribution in [3.05, 3.63) is 71.4 Å². The highest BCUT2D eigenvalue weighted by molar-refractivity contribution is 7.14. The first-order valence-corrected chi connectivity index (χ1v) is 11.3. The molecule has 0 spiro atoms. The summed E-state index contributed by atoms with van der Waals surface area (Å²) < 4.78 is 24.5. The van der Waals surface area contributed by atoms with Gasteiger partial charge in [0.25, 0.3) is 0 Å². The maximum absolute atomic E-state index is 13.2. The molecule has 0 N–H and O–H groups in total. The van der Waals surface area contributed by atoms with Crippen LogP contribution in [0.3, 0.4) is 0 Å². The molecule has 1 aliphatic heterocycles. The lowest BCUT2D eigenvalue weighted by Gasteiger charge is -2.20. The Kier molecular flexibility index (Phi) is 7.40. The molecule has 0 aliphatic carbocycles. The largest absolute Gasteiger partial charge is 0.378 e. The SMILES string of the molecule is O=C(CCOCC1CCCO1)N(Cc1ccccc1)c1nc(-c2ccc(F)cc2)cs1. The van der Waals surface area contributed by atoms with Crippen molar-refractivity contribution in [3.63, 3.8) is 0 Å². The smallest absolute Gasteiger partial charge is 0.231 e. The third-order valence-corrected chi connectivity index (χ3v) is 6.00. The minimum Gasteiger partial charge on any atom is -0.378 e. The van der Waals surface area contributed by atoms with Crippen LogP contribution in [0.1, 0.15) is 24.8 Å². The van der Waals surface area contributed by atoms with E-state index in [4.69, 9.17) is 9.47 Å². The van der Waals surface area contributed by atoms with Gasteiger partial charge in [-0.15, -0.1) is 11.3 Å². The maximum atomic E-state index is 13.2. The van der Waals surface area contributed by atoms with Crippen LogP contribution < -0.4 is 4.90 Å². The molecule has 2 heterocycles. The maximum Gasteiger partial charge on any atom is 0.231 e. The highest BCUT2D eigenvalue weighted by Crippen LogP contribution is 2.29. The highest BCUT2D eigenvalue weighted by Gasteiger charge is 2.21. The van der Waals surface area contributed by atoms with E-state index in [2.05, 4.69) is 4.98 Å². The van der Waals surface area contributed by atoms with Crippen molar-refractivity contribution in [1.29, 1.82) is 0 Å². The topological polar surface area (TPSA) is 51.7 Å². The third kappa shape index (κ3) is 5.97. The van der Waals surface area contributed by atoms with Gasteiger partial charge in [0.2, 0.25) is 5.91 Å². The van der Waals surface area contributed by atoms with Gasteiger partial charge in [0.15, 0.2) is 5.13 Å². The monoisotopic (exact) mass is 440 g/mol. The summed E-state index contributed by atoms with van der Waals surface area (Å²) in [5.74, 6) is -0.334. The van der Waals surface area contributed by atoms with Crippen LogP contribution in [-0.2, 0) is 20.8 Å². The number of benzene rings is 2. The summed E-state index contributed by atoms with van der Waals surface area (Å²) in [6.07, 6.45) is 2.50. The van der Waals surface area contributed by atoms with Crippen LogP contribution in [0.15, 0.2) is 60.0 Å². The second-order valence-electron chi connectivity index (χ2n) is 7.45. The first kappa shape index (κ1) is 21.6. The molecule has 4 rings (SSSR count). The number of hydrogen-bond donors (Lipinski definition) is 0. The number of amides is 1. The summed E-state index contributed by atoms with van der Waals surface area (Å²) in [6.45, 7) is 2.10. The van der Waals surface area contributed by atoms with Gasteiger partial charge in [-0.3, -0.25) is 9.69 Å². The van der Waals surface area contributed by atoms with Crippen molar-refractivity contribution in [2.75, 3.05) is 24.7 Å². The van der Waals surface area contributed by atoms with Crippen LogP contribution in [0.4, 0.5) is 9.52 Å². The Morgan fingerprint density at radius 3 is 2.74 bits per heavy atom. The first-order valence-electron chi connectivity index (χ1n) is 10.4. The van der Waals surface area contributed by atoms with Gasteiger partial charge in [0.05, 0.1) is 38.0 Å². The zero-order valence-electron chi connectivity index (χ0n) is 17.2. The number of halogens is 1. The summed E-state index contributed by atoms with van der Waals surface area (Å²) in [4.78, 5) is 19.4. The normalized spacial score (nSPS) is 15.8. The molecule has 1 amide bonds. The van der Waals surface area contributed by atoms with Gasteiger partial charge in [0, 0.05) is 17.6 Å². The van der Waals surface area contributed by atoms with E-state index in [0.717, 1.165) is 36.3 Å².